The second-order valence-corrected chi connectivity index (χ2v) is 6.90. The van der Waals surface area contributed by atoms with E-state index in [0.29, 0.717) is 18.3 Å². The quantitative estimate of drug-likeness (QED) is 0.520. The number of ether oxygens (including phenoxy) is 2. The molecule has 2 rings (SSSR count). The number of carbonyl (C=O) groups excluding carboxylic acids is 1. The Balaban J connectivity index is 1.44. The summed E-state index contributed by atoms with van der Waals surface area (Å²) in [5, 5.41) is 2.93. The summed E-state index contributed by atoms with van der Waals surface area (Å²) in [5.41, 5.74) is 0.751. The lowest BCUT2D eigenvalue weighted by Gasteiger charge is -2.10. The van der Waals surface area contributed by atoms with Crippen LogP contribution in [0.2, 0.25) is 0 Å². The van der Waals surface area contributed by atoms with Gasteiger partial charge in [0.15, 0.2) is 0 Å². The average molecular weight is 347 g/mol. The molecule has 4 heteroatoms. The first-order valence-corrected chi connectivity index (χ1v) is 9.84. The Kier molecular flexibility index (Phi) is 9.42. The minimum atomic E-state index is 0.0704. The summed E-state index contributed by atoms with van der Waals surface area (Å²) >= 11 is 0. The van der Waals surface area contributed by atoms with Crippen LogP contribution in [-0.4, -0.2) is 25.7 Å². The maximum atomic E-state index is 12.0. The SMILES string of the molecule is COc1ccccc1NC(=O)CCCCCCCCCC1CCCO1. The summed E-state index contributed by atoms with van der Waals surface area (Å²) in [6, 6.07) is 7.52. The van der Waals surface area contributed by atoms with E-state index in [2.05, 4.69) is 5.32 Å². The molecular weight excluding hydrogens is 314 g/mol. The highest BCUT2D eigenvalue weighted by Crippen LogP contribution is 2.23. The maximum Gasteiger partial charge on any atom is 0.224 e. The number of hydrogen-bond acceptors (Lipinski definition) is 3. The minimum absolute atomic E-state index is 0.0704. The molecule has 1 aromatic rings. The van der Waals surface area contributed by atoms with E-state index in [-0.39, 0.29) is 5.91 Å². The van der Waals surface area contributed by atoms with Crippen LogP contribution >= 0.6 is 0 Å². The maximum absolute atomic E-state index is 12.0. The standard InChI is InChI=1S/C21H33NO3/c1-24-20-15-10-9-14-19(20)22-21(23)16-8-6-4-2-3-5-7-12-18-13-11-17-25-18/h9-10,14-15,18H,2-8,11-13,16-17H2,1H3,(H,22,23). The predicted molar refractivity (Wildman–Crippen MR) is 102 cm³/mol. The Morgan fingerprint density at radius 3 is 2.56 bits per heavy atom. The van der Waals surface area contributed by atoms with Crippen LogP contribution in [0.4, 0.5) is 5.69 Å². The van der Waals surface area contributed by atoms with E-state index < -0.39 is 0 Å². The molecule has 1 aliphatic rings. The molecule has 1 unspecified atom stereocenters. The molecule has 140 valence electrons. The number of nitrogens with one attached hydrogen (secondary N) is 1. The van der Waals surface area contributed by atoms with Crippen LogP contribution in [0.3, 0.4) is 0 Å². The fraction of sp³-hybridized carbons (Fsp3) is 0.667. The van der Waals surface area contributed by atoms with Gasteiger partial charge in [0, 0.05) is 13.0 Å². The van der Waals surface area contributed by atoms with Gasteiger partial charge in [-0.1, -0.05) is 50.7 Å². The summed E-state index contributed by atoms with van der Waals surface area (Å²) in [4.78, 5) is 12.0. The molecule has 1 saturated heterocycles. The molecule has 1 aromatic carbocycles. The summed E-state index contributed by atoms with van der Waals surface area (Å²) in [6.45, 7) is 0.968. The van der Waals surface area contributed by atoms with E-state index in [1.807, 2.05) is 24.3 Å². The molecule has 0 radical (unpaired) electrons. The fourth-order valence-electron chi connectivity index (χ4n) is 3.37. The lowest BCUT2D eigenvalue weighted by Crippen LogP contribution is -2.11. The van der Waals surface area contributed by atoms with E-state index in [9.17, 15) is 4.79 Å². The van der Waals surface area contributed by atoms with Crippen molar-refractivity contribution in [2.24, 2.45) is 0 Å². The Morgan fingerprint density at radius 2 is 1.84 bits per heavy atom. The zero-order valence-electron chi connectivity index (χ0n) is 15.6. The summed E-state index contributed by atoms with van der Waals surface area (Å²) in [6.07, 6.45) is 13.4. The Labute approximate surface area is 152 Å². The van der Waals surface area contributed by atoms with Gasteiger partial charge in [0.2, 0.25) is 5.91 Å². The predicted octanol–water partition coefficient (Wildman–Crippen LogP) is 5.32. The van der Waals surface area contributed by atoms with Gasteiger partial charge in [-0.05, 0) is 37.8 Å². The molecule has 1 amide bonds. The van der Waals surface area contributed by atoms with E-state index in [1.165, 1.54) is 51.4 Å². The highest BCUT2D eigenvalue weighted by Gasteiger charge is 2.14. The Bertz CT molecular complexity index is 498. The lowest BCUT2D eigenvalue weighted by atomic mass is 10.0. The van der Waals surface area contributed by atoms with E-state index >= 15 is 0 Å². The second kappa shape index (κ2) is 11.9. The van der Waals surface area contributed by atoms with Gasteiger partial charge < -0.3 is 14.8 Å². The van der Waals surface area contributed by atoms with Crippen LogP contribution in [0.5, 0.6) is 5.75 Å². The number of hydrogen-bond donors (Lipinski definition) is 1. The fourth-order valence-corrected chi connectivity index (χ4v) is 3.37. The third-order valence-electron chi connectivity index (χ3n) is 4.83. The number of amides is 1. The van der Waals surface area contributed by atoms with Crippen LogP contribution in [0, 0.1) is 0 Å². The van der Waals surface area contributed by atoms with Crippen molar-refractivity contribution in [1.82, 2.24) is 0 Å². The smallest absolute Gasteiger partial charge is 0.224 e. The molecule has 0 saturated carbocycles. The molecule has 1 heterocycles. The molecule has 0 bridgehead atoms. The molecule has 1 N–H and O–H groups in total. The number of rotatable bonds is 12. The molecule has 4 nitrogen and oxygen atoms in total. The van der Waals surface area contributed by atoms with Crippen molar-refractivity contribution in [2.75, 3.05) is 19.0 Å². The van der Waals surface area contributed by atoms with Crippen molar-refractivity contribution in [3.05, 3.63) is 24.3 Å². The average Bonchev–Trinajstić information content (AvgIpc) is 3.14. The molecule has 25 heavy (non-hydrogen) atoms. The van der Waals surface area contributed by atoms with Gasteiger partial charge in [-0.15, -0.1) is 0 Å². The molecule has 1 fully saturated rings. The number of anilines is 1. The largest absolute Gasteiger partial charge is 0.495 e. The Hall–Kier alpha value is -1.55. The van der Waals surface area contributed by atoms with Gasteiger partial charge in [0.05, 0.1) is 18.9 Å². The number of carbonyl (C=O) groups is 1. The van der Waals surface area contributed by atoms with Crippen molar-refractivity contribution in [3.63, 3.8) is 0 Å². The third-order valence-corrected chi connectivity index (χ3v) is 4.83. The number of unbranched alkanes of at least 4 members (excludes halogenated alkanes) is 6. The van der Waals surface area contributed by atoms with Gasteiger partial charge >= 0.3 is 0 Å². The lowest BCUT2D eigenvalue weighted by molar-refractivity contribution is -0.116. The first-order chi connectivity index (χ1) is 12.3. The van der Waals surface area contributed by atoms with Gasteiger partial charge in [-0.3, -0.25) is 4.79 Å². The second-order valence-electron chi connectivity index (χ2n) is 6.90. The van der Waals surface area contributed by atoms with Crippen molar-refractivity contribution >= 4 is 11.6 Å². The van der Waals surface area contributed by atoms with Crippen LogP contribution in [-0.2, 0) is 9.53 Å². The topological polar surface area (TPSA) is 47.6 Å². The molecule has 0 aromatic heterocycles. The zero-order valence-corrected chi connectivity index (χ0v) is 15.6. The molecular formula is C21H33NO3. The zero-order chi connectivity index (χ0) is 17.7. The van der Waals surface area contributed by atoms with E-state index in [4.69, 9.17) is 9.47 Å². The van der Waals surface area contributed by atoms with Crippen LogP contribution in [0.25, 0.3) is 0 Å². The van der Waals surface area contributed by atoms with E-state index in [0.717, 1.165) is 25.1 Å². The van der Waals surface area contributed by atoms with Gasteiger partial charge in [-0.2, -0.15) is 0 Å². The highest BCUT2D eigenvalue weighted by atomic mass is 16.5. The normalized spacial score (nSPS) is 16.8. The summed E-state index contributed by atoms with van der Waals surface area (Å²) in [5.74, 6) is 0.778. The monoisotopic (exact) mass is 347 g/mol. The summed E-state index contributed by atoms with van der Waals surface area (Å²) < 4.78 is 10.9. The number of benzene rings is 1. The molecule has 0 spiro atoms. The van der Waals surface area contributed by atoms with Gasteiger partial charge in [-0.25, -0.2) is 0 Å². The first kappa shape index (κ1) is 19.8. The van der Waals surface area contributed by atoms with E-state index in [1.54, 1.807) is 7.11 Å². The number of methoxy groups -OCH3 is 1. The van der Waals surface area contributed by atoms with Crippen molar-refractivity contribution in [1.29, 1.82) is 0 Å². The van der Waals surface area contributed by atoms with Crippen molar-refractivity contribution in [2.45, 2.75) is 76.7 Å². The summed E-state index contributed by atoms with van der Waals surface area (Å²) in [7, 11) is 1.62. The minimum Gasteiger partial charge on any atom is -0.495 e. The molecule has 1 atom stereocenters. The first-order valence-electron chi connectivity index (χ1n) is 9.84. The Morgan fingerprint density at radius 1 is 1.12 bits per heavy atom. The van der Waals surface area contributed by atoms with Crippen LogP contribution < -0.4 is 10.1 Å². The van der Waals surface area contributed by atoms with Gasteiger partial charge in [0.1, 0.15) is 5.75 Å². The highest BCUT2D eigenvalue weighted by molar-refractivity contribution is 5.92. The van der Waals surface area contributed by atoms with Crippen LogP contribution in [0.15, 0.2) is 24.3 Å². The van der Waals surface area contributed by atoms with Crippen molar-refractivity contribution < 1.29 is 14.3 Å². The van der Waals surface area contributed by atoms with Crippen LogP contribution in [0.1, 0.15) is 70.6 Å². The van der Waals surface area contributed by atoms with Gasteiger partial charge in [0.25, 0.3) is 0 Å². The number of para-hydroxylation sites is 2. The van der Waals surface area contributed by atoms with Crippen molar-refractivity contribution in [3.8, 4) is 5.75 Å². The molecule has 1 aliphatic heterocycles. The molecule has 0 aliphatic carbocycles. The third kappa shape index (κ3) is 7.91.